The van der Waals surface area contributed by atoms with Crippen LogP contribution in [0.15, 0.2) is 30.4 Å². The third-order valence-electron chi connectivity index (χ3n) is 3.54. The number of benzene rings is 1. The van der Waals surface area contributed by atoms with Gasteiger partial charge >= 0.3 is 0 Å². The molecule has 0 radical (unpaired) electrons. The van der Waals surface area contributed by atoms with Crippen molar-refractivity contribution < 1.29 is 0 Å². The first-order valence-corrected chi connectivity index (χ1v) is 5.52. The van der Waals surface area contributed by atoms with Crippen LogP contribution in [0, 0.1) is 0 Å². The summed E-state index contributed by atoms with van der Waals surface area (Å²) in [7, 11) is 4.31. The molecule has 1 aromatic rings. The van der Waals surface area contributed by atoms with Crippen molar-refractivity contribution in [3.63, 3.8) is 0 Å². The maximum atomic E-state index is 2.36. The summed E-state index contributed by atoms with van der Waals surface area (Å²) in [5.41, 5.74) is 4.28. The standard InChI is InChI=1S/C12H15BN2/c1-14-8-6-13-7-9-15(2)11-5-3-4-10(14)12(11)13/h3-6,8H,7,9H2,1-2H3. The van der Waals surface area contributed by atoms with Crippen LogP contribution in [-0.2, 0) is 0 Å². The SMILES string of the molecule is CN1C=CB2CCN(C)c3cccc1c32. The first-order chi connectivity index (χ1) is 7.27. The lowest BCUT2D eigenvalue weighted by molar-refractivity contribution is 0.947. The molecule has 76 valence electrons. The second-order valence-electron chi connectivity index (χ2n) is 4.48. The largest absolute Gasteiger partial charge is 0.376 e. The van der Waals surface area contributed by atoms with E-state index in [0.29, 0.717) is 6.71 Å². The number of anilines is 2. The Balaban J connectivity index is 2.23. The van der Waals surface area contributed by atoms with Crippen LogP contribution >= 0.6 is 0 Å². The Hall–Kier alpha value is -1.38. The molecular formula is C12H15BN2. The van der Waals surface area contributed by atoms with Crippen molar-refractivity contribution in [1.29, 1.82) is 0 Å². The topological polar surface area (TPSA) is 6.48 Å². The van der Waals surface area contributed by atoms with Gasteiger partial charge in [0.05, 0.1) is 0 Å². The molecule has 1 aromatic carbocycles. The monoisotopic (exact) mass is 198 g/mol. The highest BCUT2D eigenvalue weighted by Gasteiger charge is 2.29. The maximum Gasteiger partial charge on any atom is 0.209 e. The zero-order valence-corrected chi connectivity index (χ0v) is 9.27. The van der Waals surface area contributed by atoms with Gasteiger partial charge in [-0.05, 0) is 30.1 Å². The summed E-state index contributed by atoms with van der Waals surface area (Å²) in [5, 5.41) is 0. The van der Waals surface area contributed by atoms with Gasteiger partial charge in [-0.1, -0.05) is 12.0 Å². The lowest BCUT2D eigenvalue weighted by Crippen LogP contribution is -2.46. The molecule has 0 fully saturated rings. The van der Waals surface area contributed by atoms with Gasteiger partial charge < -0.3 is 9.80 Å². The van der Waals surface area contributed by atoms with E-state index in [1.165, 1.54) is 23.2 Å². The molecule has 0 bridgehead atoms. The van der Waals surface area contributed by atoms with E-state index >= 15 is 0 Å². The molecule has 2 aliphatic rings. The van der Waals surface area contributed by atoms with Crippen molar-refractivity contribution in [2.75, 3.05) is 30.4 Å². The van der Waals surface area contributed by atoms with Crippen molar-refractivity contribution in [3.05, 3.63) is 30.4 Å². The third kappa shape index (κ3) is 1.19. The molecule has 0 saturated heterocycles. The molecule has 15 heavy (non-hydrogen) atoms. The van der Waals surface area contributed by atoms with Gasteiger partial charge in [0, 0.05) is 32.0 Å². The number of rotatable bonds is 0. The minimum atomic E-state index is 0.628. The molecule has 0 aromatic heterocycles. The summed E-state index contributed by atoms with van der Waals surface area (Å²) in [6.45, 7) is 1.79. The Labute approximate surface area is 91.3 Å². The van der Waals surface area contributed by atoms with Crippen LogP contribution in [0.4, 0.5) is 11.4 Å². The molecule has 3 heteroatoms. The fraction of sp³-hybridized carbons (Fsp3) is 0.333. The van der Waals surface area contributed by atoms with Crippen LogP contribution in [0.3, 0.4) is 0 Å². The van der Waals surface area contributed by atoms with Crippen molar-refractivity contribution in [2.45, 2.75) is 6.32 Å². The predicted octanol–water partition coefficient (Wildman–Crippen LogP) is 1.34. The lowest BCUT2D eigenvalue weighted by atomic mass is 9.40. The van der Waals surface area contributed by atoms with Gasteiger partial charge in [-0.25, -0.2) is 0 Å². The molecule has 0 N–H and O–H groups in total. The van der Waals surface area contributed by atoms with Crippen molar-refractivity contribution in [2.24, 2.45) is 0 Å². The Morgan fingerprint density at radius 3 is 2.87 bits per heavy atom. The fourth-order valence-electron chi connectivity index (χ4n) is 2.66. The van der Waals surface area contributed by atoms with Gasteiger partial charge in [0.2, 0.25) is 6.71 Å². The van der Waals surface area contributed by atoms with Crippen molar-refractivity contribution in [1.82, 2.24) is 0 Å². The predicted molar refractivity (Wildman–Crippen MR) is 67.5 cm³/mol. The first kappa shape index (κ1) is 8.90. The van der Waals surface area contributed by atoms with Gasteiger partial charge in [-0.3, -0.25) is 0 Å². The van der Waals surface area contributed by atoms with Gasteiger partial charge in [-0.2, -0.15) is 0 Å². The normalized spacial score (nSPS) is 18.1. The van der Waals surface area contributed by atoms with Crippen LogP contribution in [0.2, 0.25) is 6.32 Å². The van der Waals surface area contributed by atoms with E-state index in [1.807, 2.05) is 0 Å². The maximum absolute atomic E-state index is 2.36. The van der Waals surface area contributed by atoms with Crippen LogP contribution in [0.1, 0.15) is 0 Å². The molecule has 0 saturated carbocycles. The summed E-state index contributed by atoms with van der Waals surface area (Å²) in [6, 6.07) is 6.61. The van der Waals surface area contributed by atoms with E-state index < -0.39 is 0 Å². The minimum Gasteiger partial charge on any atom is -0.376 e. The molecule has 0 unspecified atom stereocenters. The second kappa shape index (κ2) is 3.06. The highest BCUT2D eigenvalue weighted by Crippen LogP contribution is 2.27. The van der Waals surface area contributed by atoms with E-state index in [1.54, 1.807) is 0 Å². The smallest absolute Gasteiger partial charge is 0.209 e. The second-order valence-corrected chi connectivity index (χ2v) is 4.48. The fourth-order valence-corrected chi connectivity index (χ4v) is 2.66. The zero-order valence-electron chi connectivity index (χ0n) is 9.27. The van der Waals surface area contributed by atoms with E-state index in [2.05, 4.69) is 54.3 Å². The average molecular weight is 198 g/mol. The molecule has 2 nitrogen and oxygen atoms in total. The van der Waals surface area contributed by atoms with Crippen LogP contribution in [-0.4, -0.2) is 27.4 Å². The van der Waals surface area contributed by atoms with Crippen LogP contribution in [0.5, 0.6) is 0 Å². The van der Waals surface area contributed by atoms with Crippen LogP contribution in [0.25, 0.3) is 0 Å². The van der Waals surface area contributed by atoms with Gasteiger partial charge in [0.25, 0.3) is 0 Å². The Bertz CT molecular complexity index is 428. The summed E-state index contributed by atoms with van der Waals surface area (Å²) in [5.74, 6) is 2.33. The van der Waals surface area contributed by atoms with Crippen LogP contribution < -0.4 is 15.3 Å². The molecule has 0 spiro atoms. The third-order valence-corrected chi connectivity index (χ3v) is 3.54. The van der Waals surface area contributed by atoms with E-state index in [0.717, 1.165) is 6.54 Å². The molecule has 0 aliphatic carbocycles. The zero-order chi connectivity index (χ0) is 10.4. The molecule has 2 aliphatic heterocycles. The van der Waals surface area contributed by atoms with E-state index in [-0.39, 0.29) is 0 Å². The molecule has 0 atom stereocenters. The minimum absolute atomic E-state index is 0.628. The van der Waals surface area contributed by atoms with Gasteiger partial charge in [0.15, 0.2) is 0 Å². The summed E-state index contributed by atoms with van der Waals surface area (Å²) < 4.78 is 0. The summed E-state index contributed by atoms with van der Waals surface area (Å²) in [4.78, 5) is 4.58. The molecular weight excluding hydrogens is 183 g/mol. The number of hydrogen-bond acceptors (Lipinski definition) is 2. The van der Waals surface area contributed by atoms with Crippen molar-refractivity contribution in [3.8, 4) is 0 Å². The molecule has 0 amide bonds. The Morgan fingerprint density at radius 1 is 1.20 bits per heavy atom. The quantitative estimate of drug-likeness (QED) is 0.580. The lowest BCUT2D eigenvalue weighted by Gasteiger charge is -2.36. The van der Waals surface area contributed by atoms with Gasteiger partial charge in [-0.15, -0.1) is 0 Å². The van der Waals surface area contributed by atoms with Gasteiger partial charge in [0.1, 0.15) is 0 Å². The summed E-state index contributed by atoms with van der Waals surface area (Å²) >= 11 is 0. The Morgan fingerprint density at radius 2 is 2.00 bits per heavy atom. The highest BCUT2D eigenvalue weighted by atomic mass is 15.1. The molecule has 3 rings (SSSR count). The van der Waals surface area contributed by atoms with Crippen molar-refractivity contribution >= 4 is 23.6 Å². The van der Waals surface area contributed by atoms with E-state index in [9.17, 15) is 0 Å². The Kier molecular flexibility index (Phi) is 1.81. The molecule has 2 heterocycles. The number of nitrogens with zero attached hydrogens (tertiary/aromatic N) is 2. The summed E-state index contributed by atoms with van der Waals surface area (Å²) in [6.07, 6.45) is 3.44. The first-order valence-electron chi connectivity index (χ1n) is 5.52. The average Bonchev–Trinajstić information content (AvgIpc) is 2.27. The highest BCUT2D eigenvalue weighted by molar-refractivity contribution is 6.81. The van der Waals surface area contributed by atoms with E-state index in [4.69, 9.17) is 0 Å². The number of hydrogen-bond donors (Lipinski definition) is 0.